The average Bonchev–Trinajstić information content (AvgIpc) is 2.87. The molecule has 2 unspecified atom stereocenters. The standard InChI is InChI=1S/C14H17ClFNO/c15-9-10-4-5-12(11(16)8-10)17-6-7-18-14-3-1-2-13(14)17/h4-5,8,13-14H,1-3,6-7,9H2. The van der Waals surface area contributed by atoms with Crippen molar-refractivity contribution in [1.82, 2.24) is 0 Å². The highest BCUT2D eigenvalue weighted by Gasteiger charge is 2.36. The van der Waals surface area contributed by atoms with Crippen molar-refractivity contribution in [2.75, 3.05) is 18.1 Å². The zero-order valence-corrected chi connectivity index (χ0v) is 11.0. The maximum Gasteiger partial charge on any atom is 0.146 e. The highest BCUT2D eigenvalue weighted by atomic mass is 35.5. The first-order valence-corrected chi connectivity index (χ1v) is 7.05. The van der Waals surface area contributed by atoms with E-state index in [1.165, 1.54) is 6.42 Å². The zero-order valence-electron chi connectivity index (χ0n) is 10.2. The first-order valence-electron chi connectivity index (χ1n) is 6.52. The highest BCUT2D eigenvalue weighted by molar-refractivity contribution is 6.17. The molecule has 4 heteroatoms. The molecule has 0 bridgehead atoms. The van der Waals surface area contributed by atoms with Gasteiger partial charge in [0.05, 0.1) is 24.4 Å². The lowest BCUT2D eigenvalue weighted by Crippen LogP contribution is -2.49. The van der Waals surface area contributed by atoms with Crippen LogP contribution in [-0.4, -0.2) is 25.3 Å². The van der Waals surface area contributed by atoms with Crippen molar-refractivity contribution in [3.8, 4) is 0 Å². The Morgan fingerprint density at radius 2 is 2.28 bits per heavy atom. The molecule has 0 spiro atoms. The number of rotatable bonds is 2. The van der Waals surface area contributed by atoms with E-state index in [0.717, 1.165) is 24.9 Å². The smallest absolute Gasteiger partial charge is 0.146 e. The van der Waals surface area contributed by atoms with Crippen molar-refractivity contribution in [1.29, 1.82) is 0 Å². The van der Waals surface area contributed by atoms with E-state index >= 15 is 0 Å². The Balaban J connectivity index is 1.89. The van der Waals surface area contributed by atoms with Crippen LogP contribution in [-0.2, 0) is 10.6 Å². The Bertz CT molecular complexity index is 440. The Labute approximate surface area is 112 Å². The minimum Gasteiger partial charge on any atom is -0.374 e. The summed E-state index contributed by atoms with van der Waals surface area (Å²) in [5, 5.41) is 0. The van der Waals surface area contributed by atoms with Gasteiger partial charge in [0, 0.05) is 12.4 Å². The van der Waals surface area contributed by atoms with Gasteiger partial charge in [0.2, 0.25) is 0 Å². The second kappa shape index (κ2) is 5.06. The molecule has 2 atom stereocenters. The number of halogens is 2. The van der Waals surface area contributed by atoms with Crippen molar-refractivity contribution in [3.63, 3.8) is 0 Å². The lowest BCUT2D eigenvalue weighted by Gasteiger charge is -2.39. The monoisotopic (exact) mass is 269 g/mol. The molecule has 0 N–H and O–H groups in total. The molecule has 98 valence electrons. The van der Waals surface area contributed by atoms with Crippen LogP contribution < -0.4 is 4.90 Å². The van der Waals surface area contributed by atoms with E-state index in [1.54, 1.807) is 6.07 Å². The summed E-state index contributed by atoms with van der Waals surface area (Å²) in [6, 6.07) is 5.65. The fraction of sp³-hybridized carbons (Fsp3) is 0.571. The molecule has 1 aliphatic heterocycles. The molecule has 2 fully saturated rings. The van der Waals surface area contributed by atoms with Crippen molar-refractivity contribution < 1.29 is 9.13 Å². The van der Waals surface area contributed by atoms with E-state index in [2.05, 4.69) is 4.90 Å². The average molecular weight is 270 g/mol. The van der Waals surface area contributed by atoms with E-state index in [9.17, 15) is 4.39 Å². The number of benzene rings is 1. The maximum atomic E-state index is 14.1. The highest BCUT2D eigenvalue weighted by Crippen LogP contribution is 2.34. The predicted octanol–water partition coefficient (Wildman–Crippen LogP) is 3.32. The molecule has 1 saturated heterocycles. The molecule has 3 rings (SSSR count). The molecule has 1 aliphatic carbocycles. The van der Waals surface area contributed by atoms with E-state index < -0.39 is 0 Å². The molecule has 1 aromatic rings. The molecule has 18 heavy (non-hydrogen) atoms. The minimum atomic E-state index is -0.166. The summed E-state index contributed by atoms with van der Waals surface area (Å²) in [7, 11) is 0. The van der Waals surface area contributed by atoms with Crippen LogP contribution in [0.25, 0.3) is 0 Å². The topological polar surface area (TPSA) is 12.5 Å². The van der Waals surface area contributed by atoms with Gasteiger partial charge in [0.15, 0.2) is 0 Å². The molecule has 0 aromatic heterocycles. The molecule has 1 aromatic carbocycles. The zero-order chi connectivity index (χ0) is 12.5. The Morgan fingerprint density at radius 3 is 3.06 bits per heavy atom. The Morgan fingerprint density at radius 1 is 1.39 bits per heavy atom. The Kier molecular flexibility index (Phi) is 3.44. The largest absolute Gasteiger partial charge is 0.374 e. The van der Waals surface area contributed by atoms with E-state index in [4.69, 9.17) is 16.3 Å². The molecule has 1 heterocycles. The van der Waals surface area contributed by atoms with Gasteiger partial charge in [-0.3, -0.25) is 0 Å². The number of fused-ring (bicyclic) bond motifs is 1. The van der Waals surface area contributed by atoms with E-state index in [1.807, 2.05) is 12.1 Å². The number of alkyl halides is 1. The molecule has 2 aliphatic rings. The van der Waals surface area contributed by atoms with Gasteiger partial charge >= 0.3 is 0 Å². The second-order valence-corrected chi connectivity index (χ2v) is 5.29. The molecule has 0 radical (unpaired) electrons. The van der Waals surface area contributed by atoms with Crippen molar-refractivity contribution in [2.45, 2.75) is 37.3 Å². The van der Waals surface area contributed by atoms with Gasteiger partial charge in [-0.05, 0) is 37.0 Å². The third-order valence-corrected chi connectivity index (χ3v) is 4.27. The SMILES string of the molecule is Fc1cc(CCl)ccc1N1CCOC2CCCC21. The summed E-state index contributed by atoms with van der Waals surface area (Å²) in [4.78, 5) is 2.18. The predicted molar refractivity (Wildman–Crippen MR) is 70.7 cm³/mol. The first-order chi connectivity index (χ1) is 8.79. The summed E-state index contributed by atoms with van der Waals surface area (Å²) in [6.07, 6.45) is 3.66. The maximum absolute atomic E-state index is 14.1. The van der Waals surface area contributed by atoms with Crippen molar-refractivity contribution in [3.05, 3.63) is 29.6 Å². The van der Waals surface area contributed by atoms with Crippen LogP contribution in [0.2, 0.25) is 0 Å². The molecule has 1 saturated carbocycles. The summed E-state index contributed by atoms with van der Waals surface area (Å²) in [6.45, 7) is 1.47. The summed E-state index contributed by atoms with van der Waals surface area (Å²) in [5.74, 6) is 0.188. The fourth-order valence-corrected chi connectivity index (χ4v) is 3.26. The van der Waals surface area contributed by atoms with Gasteiger partial charge in [-0.1, -0.05) is 6.07 Å². The lowest BCUT2D eigenvalue weighted by atomic mass is 10.1. The molecule has 0 amide bonds. The fourth-order valence-electron chi connectivity index (χ4n) is 3.09. The molecular weight excluding hydrogens is 253 g/mol. The lowest BCUT2D eigenvalue weighted by molar-refractivity contribution is 0.0254. The number of nitrogens with zero attached hydrogens (tertiary/aromatic N) is 1. The number of morpholine rings is 1. The van der Waals surface area contributed by atoms with Crippen LogP contribution in [0.5, 0.6) is 0 Å². The molecule has 2 nitrogen and oxygen atoms in total. The summed E-state index contributed by atoms with van der Waals surface area (Å²) >= 11 is 5.73. The van der Waals surface area contributed by atoms with E-state index in [-0.39, 0.29) is 11.9 Å². The number of ether oxygens (including phenoxy) is 1. The van der Waals surface area contributed by atoms with Crippen molar-refractivity contribution in [2.24, 2.45) is 0 Å². The molecular formula is C14H17ClFNO. The van der Waals surface area contributed by atoms with Crippen LogP contribution >= 0.6 is 11.6 Å². The Hall–Kier alpha value is -0.800. The van der Waals surface area contributed by atoms with Gasteiger partial charge in [0.25, 0.3) is 0 Å². The van der Waals surface area contributed by atoms with Gasteiger partial charge in [-0.15, -0.1) is 11.6 Å². The second-order valence-electron chi connectivity index (χ2n) is 5.02. The first kappa shape index (κ1) is 12.2. The summed E-state index contributed by atoms with van der Waals surface area (Å²) in [5.41, 5.74) is 1.53. The van der Waals surface area contributed by atoms with Gasteiger partial charge in [-0.2, -0.15) is 0 Å². The van der Waals surface area contributed by atoms with Crippen molar-refractivity contribution >= 4 is 17.3 Å². The van der Waals surface area contributed by atoms with Crippen LogP contribution in [0.1, 0.15) is 24.8 Å². The summed E-state index contributed by atoms with van der Waals surface area (Å²) < 4.78 is 19.9. The number of hydrogen-bond acceptors (Lipinski definition) is 2. The normalized spacial score (nSPS) is 27.3. The number of anilines is 1. The third-order valence-electron chi connectivity index (χ3n) is 3.96. The third kappa shape index (κ3) is 2.10. The number of hydrogen-bond donors (Lipinski definition) is 0. The van der Waals surface area contributed by atoms with Gasteiger partial charge in [0.1, 0.15) is 5.82 Å². The van der Waals surface area contributed by atoms with Crippen LogP contribution in [0.3, 0.4) is 0 Å². The van der Waals surface area contributed by atoms with Gasteiger partial charge < -0.3 is 9.64 Å². The van der Waals surface area contributed by atoms with Crippen LogP contribution in [0, 0.1) is 5.82 Å². The van der Waals surface area contributed by atoms with Gasteiger partial charge in [-0.25, -0.2) is 4.39 Å². The van der Waals surface area contributed by atoms with Crippen LogP contribution in [0.4, 0.5) is 10.1 Å². The van der Waals surface area contributed by atoms with Crippen LogP contribution in [0.15, 0.2) is 18.2 Å². The minimum absolute atomic E-state index is 0.166. The van der Waals surface area contributed by atoms with E-state index in [0.29, 0.717) is 24.2 Å². The quantitative estimate of drug-likeness (QED) is 0.764.